The Morgan fingerprint density at radius 2 is 1.85 bits per heavy atom. The van der Waals surface area contributed by atoms with E-state index in [0.717, 1.165) is 31.0 Å². The van der Waals surface area contributed by atoms with Crippen molar-refractivity contribution >= 4 is 21.9 Å². The largest absolute Gasteiger partial charge is 0.452 e. The first-order chi connectivity index (χ1) is 12.1. The van der Waals surface area contributed by atoms with Crippen LogP contribution in [0.3, 0.4) is 0 Å². The van der Waals surface area contributed by atoms with E-state index in [1.54, 1.807) is 0 Å². The first kappa shape index (κ1) is 22.0. The number of halogens is 1. The second-order valence-electron chi connectivity index (χ2n) is 6.37. The van der Waals surface area contributed by atoms with Gasteiger partial charge >= 0.3 is 5.97 Å². The van der Waals surface area contributed by atoms with Gasteiger partial charge in [0, 0.05) is 6.04 Å². The molecule has 1 amide bonds. The summed E-state index contributed by atoms with van der Waals surface area (Å²) in [5, 5.41) is 2.69. The molecule has 0 spiro atoms. The highest BCUT2D eigenvalue weighted by molar-refractivity contribution is 7.89. The monoisotopic (exact) mass is 388 g/mol. The molecule has 0 aliphatic rings. The number of rotatable bonds is 9. The van der Waals surface area contributed by atoms with Crippen LogP contribution in [0.15, 0.2) is 23.1 Å². The molecule has 0 aliphatic carbocycles. The van der Waals surface area contributed by atoms with Crippen LogP contribution in [-0.2, 0) is 19.6 Å². The molecule has 26 heavy (non-hydrogen) atoms. The quantitative estimate of drug-likeness (QED) is 0.629. The van der Waals surface area contributed by atoms with E-state index in [1.165, 1.54) is 7.05 Å². The van der Waals surface area contributed by atoms with Gasteiger partial charge in [-0.25, -0.2) is 22.3 Å². The van der Waals surface area contributed by atoms with Gasteiger partial charge in [0.15, 0.2) is 6.61 Å². The third kappa shape index (κ3) is 6.72. The molecule has 0 saturated heterocycles. The van der Waals surface area contributed by atoms with Crippen LogP contribution in [-0.4, -0.2) is 40.0 Å². The highest BCUT2D eigenvalue weighted by Crippen LogP contribution is 2.16. The van der Waals surface area contributed by atoms with E-state index in [1.807, 2.05) is 6.92 Å². The van der Waals surface area contributed by atoms with Gasteiger partial charge in [-0.2, -0.15) is 0 Å². The Kier molecular flexibility index (Phi) is 8.16. The van der Waals surface area contributed by atoms with E-state index in [4.69, 9.17) is 4.74 Å². The van der Waals surface area contributed by atoms with Crippen molar-refractivity contribution in [2.45, 2.75) is 44.6 Å². The highest BCUT2D eigenvalue weighted by Gasteiger charge is 2.20. The van der Waals surface area contributed by atoms with Gasteiger partial charge in [-0.05, 0) is 50.9 Å². The van der Waals surface area contributed by atoms with Gasteiger partial charge in [0.1, 0.15) is 5.82 Å². The number of ether oxygens (including phenoxy) is 1. The van der Waals surface area contributed by atoms with Crippen molar-refractivity contribution in [2.24, 2.45) is 5.92 Å². The van der Waals surface area contributed by atoms with Crippen LogP contribution in [0.2, 0.25) is 0 Å². The van der Waals surface area contributed by atoms with Crippen molar-refractivity contribution in [1.82, 2.24) is 10.0 Å². The van der Waals surface area contributed by atoms with E-state index >= 15 is 0 Å². The maximum absolute atomic E-state index is 13.8. The average Bonchev–Trinajstić information content (AvgIpc) is 2.58. The zero-order chi connectivity index (χ0) is 19.9. The summed E-state index contributed by atoms with van der Waals surface area (Å²) in [6, 6.07) is 2.67. The number of carbonyl (C=O) groups excluding carboxylic acids is 2. The summed E-state index contributed by atoms with van der Waals surface area (Å²) in [6.07, 6.45) is 1.73. The van der Waals surface area contributed by atoms with E-state index < -0.39 is 39.9 Å². The summed E-state index contributed by atoms with van der Waals surface area (Å²) in [6.45, 7) is 5.42. The Balaban J connectivity index is 2.68. The van der Waals surface area contributed by atoms with Crippen LogP contribution in [0.25, 0.3) is 0 Å². The van der Waals surface area contributed by atoms with Gasteiger partial charge in [-0.1, -0.05) is 13.8 Å². The van der Waals surface area contributed by atoms with Crippen LogP contribution < -0.4 is 10.0 Å². The zero-order valence-corrected chi connectivity index (χ0v) is 16.2. The number of hydrogen-bond donors (Lipinski definition) is 2. The molecule has 1 atom stereocenters. The van der Waals surface area contributed by atoms with Gasteiger partial charge in [0.2, 0.25) is 10.0 Å². The molecule has 1 unspecified atom stereocenters. The molecule has 1 rings (SSSR count). The van der Waals surface area contributed by atoms with Gasteiger partial charge in [-0.3, -0.25) is 4.79 Å². The van der Waals surface area contributed by atoms with Gasteiger partial charge in [-0.15, -0.1) is 0 Å². The number of esters is 1. The molecule has 0 saturated carbocycles. The number of amides is 1. The Morgan fingerprint density at radius 1 is 1.19 bits per heavy atom. The predicted molar refractivity (Wildman–Crippen MR) is 94.6 cm³/mol. The summed E-state index contributed by atoms with van der Waals surface area (Å²) in [7, 11) is -2.64. The van der Waals surface area contributed by atoms with Crippen molar-refractivity contribution in [2.75, 3.05) is 13.7 Å². The molecule has 2 N–H and O–H groups in total. The van der Waals surface area contributed by atoms with Crippen LogP contribution in [0, 0.1) is 11.7 Å². The van der Waals surface area contributed by atoms with E-state index in [9.17, 15) is 22.4 Å². The first-order valence-electron chi connectivity index (χ1n) is 8.26. The summed E-state index contributed by atoms with van der Waals surface area (Å²) in [4.78, 5) is 23.5. The summed E-state index contributed by atoms with van der Waals surface area (Å²) < 4.78 is 44.1. The summed E-state index contributed by atoms with van der Waals surface area (Å²) in [5.74, 6) is -2.04. The first-order valence-corrected chi connectivity index (χ1v) is 9.74. The molecule has 0 bridgehead atoms. The zero-order valence-electron chi connectivity index (χ0n) is 15.3. The molecule has 0 fully saturated rings. The van der Waals surface area contributed by atoms with Gasteiger partial charge < -0.3 is 10.1 Å². The molecule has 0 radical (unpaired) electrons. The minimum absolute atomic E-state index is 0.0792. The molecule has 146 valence electrons. The van der Waals surface area contributed by atoms with Crippen LogP contribution in [0.5, 0.6) is 0 Å². The lowest BCUT2D eigenvalue weighted by atomic mass is 10.0. The maximum Gasteiger partial charge on any atom is 0.341 e. The third-order valence-electron chi connectivity index (χ3n) is 3.66. The van der Waals surface area contributed by atoms with E-state index in [0.29, 0.717) is 5.92 Å². The number of carbonyl (C=O) groups is 2. The van der Waals surface area contributed by atoms with Crippen molar-refractivity contribution in [1.29, 1.82) is 0 Å². The number of hydrogen-bond acceptors (Lipinski definition) is 5. The predicted octanol–water partition coefficient (Wildman–Crippen LogP) is 1.83. The van der Waals surface area contributed by atoms with Crippen molar-refractivity contribution in [3.63, 3.8) is 0 Å². The molecular weight excluding hydrogens is 363 g/mol. The van der Waals surface area contributed by atoms with Gasteiger partial charge in [0.25, 0.3) is 5.91 Å². The molecule has 1 aromatic carbocycles. The summed E-state index contributed by atoms with van der Waals surface area (Å²) in [5.41, 5.74) is -0.554. The second kappa shape index (κ2) is 9.63. The normalized spacial score (nSPS) is 12.7. The molecule has 7 nitrogen and oxygen atoms in total. The lowest BCUT2D eigenvalue weighted by molar-refractivity contribution is -0.124. The Labute approximate surface area is 153 Å². The van der Waals surface area contributed by atoms with Crippen molar-refractivity contribution < 1.29 is 27.1 Å². The second-order valence-corrected chi connectivity index (χ2v) is 8.25. The fourth-order valence-corrected chi connectivity index (χ4v) is 2.88. The smallest absolute Gasteiger partial charge is 0.341 e. The third-order valence-corrected chi connectivity index (χ3v) is 5.07. The number of benzene rings is 1. The van der Waals surface area contributed by atoms with Crippen LogP contribution >= 0.6 is 0 Å². The molecule has 0 aliphatic heterocycles. The van der Waals surface area contributed by atoms with E-state index in [2.05, 4.69) is 23.9 Å². The van der Waals surface area contributed by atoms with Crippen LogP contribution in [0.1, 0.15) is 44.0 Å². The molecule has 0 aromatic heterocycles. The average molecular weight is 388 g/mol. The summed E-state index contributed by atoms with van der Waals surface area (Å²) >= 11 is 0. The lowest BCUT2D eigenvalue weighted by Gasteiger charge is -2.15. The topological polar surface area (TPSA) is 102 Å². The standard InChI is InChI=1S/C17H25FN2O5S/c1-11(2)5-6-12(3)20-16(21)10-25-17(22)14-9-13(7-8-15(14)18)26(23,24)19-4/h7-9,11-12,19H,5-6,10H2,1-4H3,(H,20,21). The van der Waals surface area contributed by atoms with E-state index in [-0.39, 0.29) is 10.9 Å². The minimum Gasteiger partial charge on any atom is -0.452 e. The number of nitrogens with one attached hydrogen (secondary N) is 2. The minimum atomic E-state index is -3.84. The fourth-order valence-electron chi connectivity index (χ4n) is 2.13. The van der Waals surface area contributed by atoms with Crippen LogP contribution in [0.4, 0.5) is 4.39 Å². The Bertz CT molecular complexity index is 750. The molecular formula is C17H25FN2O5S. The number of sulfonamides is 1. The highest BCUT2D eigenvalue weighted by atomic mass is 32.2. The SMILES string of the molecule is CNS(=O)(=O)c1ccc(F)c(C(=O)OCC(=O)NC(C)CCC(C)C)c1. The lowest BCUT2D eigenvalue weighted by Crippen LogP contribution is -2.36. The Hall–Kier alpha value is -2.00. The fraction of sp³-hybridized carbons (Fsp3) is 0.529. The van der Waals surface area contributed by atoms with Crippen molar-refractivity contribution in [3.05, 3.63) is 29.6 Å². The molecule has 0 heterocycles. The molecule has 9 heteroatoms. The van der Waals surface area contributed by atoms with Gasteiger partial charge in [0.05, 0.1) is 10.5 Å². The van der Waals surface area contributed by atoms with Crippen molar-refractivity contribution in [3.8, 4) is 0 Å². The Morgan fingerprint density at radius 3 is 2.42 bits per heavy atom. The maximum atomic E-state index is 13.8. The molecule has 1 aromatic rings.